The van der Waals surface area contributed by atoms with E-state index in [4.69, 9.17) is 9.47 Å². The number of benzene rings is 2. The van der Waals surface area contributed by atoms with Gasteiger partial charge in [-0.3, -0.25) is 9.69 Å². The van der Waals surface area contributed by atoms with Gasteiger partial charge in [0, 0.05) is 37.2 Å². The summed E-state index contributed by atoms with van der Waals surface area (Å²) in [6, 6.07) is 16.6. The minimum atomic E-state index is -1.01. The normalized spacial score (nSPS) is 19.3. The molecule has 3 aromatic rings. The van der Waals surface area contributed by atoms with E-state index in [0.29, 0.717) is 66.5 Å². The fourth-order valence-electron chi connectivity index (χ4n) is 5.99. The Hall–Kier alpha value is -4.11. The number of rotatable bonds is 8. The van der Waals surface area contributed by atoms with Crippen LogP contribution in [0.4, 0.5) is 11.6 Å². The molecule has 2 N–H and O–H groups in total. The number of hydrogen-bond acceptors (Lipinski definition) is 10. The van der Waals surface area contributed by atoms with Crippen molar-refractivity contribution in [2.75, 3.05) is 44.7 Å². The monoisotopic (exact) mass is 583 g/mol. The number of carbonyl (C=O) groups excluding carboxylic acids is 1. The lowest BCUT2D eigenvalue weighted by Gasteiger charge is -2.41. The van der Waals surface area contributed by atoms with Gasteiger partial charge in [-0.15, -0.1) is 0 Å². The first-order valence-electron chi connectivity index (χ1n) is 15.0. The number of anilines is 2. The van der Waals surface area contributed by atoms with Crippen LogP contribution < -0.4 is 10.1 Å². The number of carbonyl (C=O) groups is 1. The lowest BCUT2D eigenvalue weighted by molar-refractivity contribution is -0.141. The average Bonchev–Trinajstić information content (AvgIpc) is 3.01. The molecule has 0 radical (unpaired) electrons. The summed E-state index contributed by atoms with van der Waals surface area (Å²) in [7, 11) is 0. The van der Waals surface area contributed by atoms with Crippen LogP contribution >= 0.6 is 0 Å². The molecule has 1 unspecified atom stereocenters. The van der Waals surface area contributed by atoms with Crippen LogP contribution in [0.25, 0.3) is 11.4 Å². The molecule has 224 valence electrons. The number of amides is 1. The highest BCUT2D eigenvalue weighted by Crippen LogP contribution is 2.31. The molecule has 0 bridgehead atoms. The van der Waals surface area contributed by atoms with Crippen molar-refractivity contribution in [1.82, 2.24) is 24.8 Å². The Morgan fingerprint density at radius 2 is 1.81 bits per heavy atom. The molecule has 4 heterocycles. The summed E-state index contributed by atoms with van der Waals surface area (Å²) >= 11 is 0. The summed E-state index contributed by atoms with van der Waals surface area (Å²) in [6.45, 7) is 6.49. The molecule has 1 atom stereocenters. The van der Waals surface area contributed by atoms with Crippen molar-refractivity contribution in [2.24, 2.45) is 0 Å². The molecule has 2 aromatic carbocycles. The smallest absolute Gasteiger partial charge is 0.251 e. The van der Waals surface area contributed by atoms with Crippen molar-refractivity contribution in [2.45, 2.75) is 56.8 Å². The van der Waals surface area contributed by atoms with E-state index >= 15 is 0 Å². The topological polar surface area (TPSA) is 137 Å². The molecule has 0 aliphatic carbocycles. The Labute approximate surface area is 251 Å². The molecular formula is C32H37N7O4. The molecule has 3 saturated heterocycles. The summed E-state index contributed by atoms with van der Waals surface area (Å²) < 4.78 is 11.5. The molecule has 11 heteroatoms. The molecule has 11 nitrogen and oxygen atoms in total. The summed E-state index contributed by atoms with van der Waals surface area (Å²) in [4.78, 5) is 29.5. The third-order valence-corrected chi connectivity index (χ3v) is 8.64. The van der Waals surface area contributed by atoms with Crippen LogP contribution in [-0.2, 0) is 9.53 Å². The number of aromatic nitrogens is 3. The lowest BCUT2D eigenvalue weighted by atomic mass is 9.88. The molecule has 0 saturated carbocycles. The van der Waals surface area contributed by atoms with Crippen molar-refractivity contribution in [3.8, 4) is 23.2 Å². The quantitative estimate of drug-likeness (QED) is 0.406. The first-order chi connectivity index (χ1) is 21.0. The number of hydrogen-bond donors (Lipinski definition) is 2. The van der Waals surface area contributed by atoms with Gasteiger partial charge in [-0.1, -0.05) is 12.1 Å². The SMILES string of the molecule is CC(O)C(=O)N1CCC(Oc2ccc(-c3ncnc(Nc4ccc(C5CCN(C6COC6)CC5)cc4)n3)cc2C#N)CC1. The third-order valence-electron chi connectivity index (χ3n) is 8.64. The molecule has 3 aliphatic rings. The maximum Gasteiger partial charge on any atom is 0.251 e. The number of ether oxygens (including phenoxy) is 2. The largest absolute Gasteiger partial charge is 0.489 e. The Kier molecular flexibility index (Phi) is 8.79. The molecule has 0 spiro atoms. The maximum absolute atomic E-state index is 12.0. The Morgan fingerprint density at radius 3 is 2.47 bits per heavy atom. The standard InChI is InChI=1S/C32H37N7O4/c1-21(40)31(41)39-14-10-28(11-15-39)43-29-7-4-24(16-25(29)17-33)30-34-20-35-32(37-30)36-26-5-2-22(3-6-26)23-8-12-38(13-9-23)27-18-42-19-27/h2-7,16,20-21,23,27-28,40H,8-15,18-19H2,1H3,(H,34,35,36,37). The van der Waals surface area contributed by atoms with Crippen LogP contribution in [0.5, 0.6) is 5.75 Å². The molecule has 1 amide bonds. The van der Waals surface area contributed by atoms with E-state index in [2.05, 4.69) is 55.5 Å². The van der Waals surface area contributed by atoms with Gasteiger partial charge in [-0.05, 0) is 74.7 Å². The lowest BCUT2D eigenvalue weighted by Crippen LogP contribution is -2.51. The number of likely N-dealkylation sites (tertiary alicyclic amines) is 2. The number of piperidine rings is 2. The Bertz CT molecular complexity index is 1460. The van der Waals surface area contributed by atoms with Crippen LogP contribution in [0.2, 0.25) is 0 Å². The molecule has 1 aromatic heterocycles. The average molecular weight is 584 g/mol. The number of aliphatic hydroxyl groups is 1. The van der Waals surface area contributed by atoms with Gasteiger partial charge in [-0.2, -0.15) is 10.2 Å². The number of nitrogens with zero attached hydrogens (tertiary/aromatic N) is 6. The molecule has 43 heavy (non-hydrogen) atoms. The van der Waals surface area contributed by atoms with Gasteiger partial charge < -0.3 is 24.8 Å². The minimum Gasteiger partial charge on any atom is -0.489 e. The Balaban J connectivity index is 1.06. The first kappa shape index (κ1) is 29.0. The second-order valence-corrected chi connectivity index (χ2v) is 11.5. The van der Waals surface area contributed by atoms with Crippen molar-refractivity contribution in [3.05, 3.63) is 59.9 Å². The molecule has 3 fully saturated rings. The molecular weight excluding hydrogens is 546 g/mol. The van der Waals surface area contributed by atoms with Crippen LogP contribution in [0.1, 0.15) is 49.7 Å². The summed E-state index contributed by atoms with van der Waals surface area (Å²) in [5.74, 6) is 1.66. The molecule has 6 rings (SSSR count). The van der Waals surface area contributed by atoms with Crippen molar-refractivity contribution >= 4 is 17.5 Å². The van der Waals surface area contributed by atoms with Gasteiger partial charge in [0.25, 0.3) is 5.91 Å². The van der Waals surface area contributed by atoms with Gasteiger partial charge in [0.2, 0.25) is 5.95 Å². The first-order valence-corrected chi connectivity index (χ1v) is 15.0. The maximum atomic E-state index is 12.0. The van der Waals surface area contributed by atoms with Gasteiger partial charge in [0.1, 0.15) is 30.4 Å². The summed E-state index contributed by atoms with van der Waals surface area (Å²) in [5.41, 5.74) is 3.32. The zero-order valence-electron chi connectivity index (χ0n) is 24.4. The van der Waals surface area contributed by atoms with Crippen LogP contribution in [0, 0.1) is 11.3 Å². The predicted octanol–water partition coefficient (Wildman–Crippen LogP) is 3.48. The van der Waals surface area contributed by atoms with Crippen LogP contribution in [0.15, 0.2) is 48.8 Å². The number of nitriles is 1. The van der Waals surface area contributed by atoms with Gasteiger partial charge in [0.15, 0.2) is 5.82 Å². The second-order valence-electron chi connectivity index (χ2n) is 11.5. The highest BCUT2D eigenvalue weighted by atomic mass is 16.5. The van der Waals surface area contributed by atoms with Crippen molar-refractivity contribution in [3.63, 3.8) is 0 Å². The van der Waals surface area contributed by atoms with E-state index < -0.39 is 6.10 Å². The highest BCUT2D eigenvalue weighted by molar-refractivity contribution is 5.80. The van der Waals surface area contributed by atoms with Crippen molar-refractivity contribution in [1.29, 1.82) is 5.26 Å². The number of aliphatic hydroxyl groups excluding tert-OH is 1. The van der Waals surface area contributed by atoms with Crippen molar-refractivity contribution < 1.29 is 19.4 Å². The summed E-state index contributed by atoms with van der Waals surface area (Å²) in [5, 5.41) is 22.7. The molecule has 3 aliphatic heterocycles. The minimum absolute atomic E-state index is 0.120. The van der Waals surface area contributed by atoms with Crippen LogP contribution in [-0.4, -0.2) is 93.4 Å². The zero-order chi connectivity index (χ0) is 29.8. The zero-order valence-corrected chi connectivity index (χ0v) is 24.4. The van der Waals surface area contributed by atoms with E-state index in [1.165, 1.54) is 31.7 Å². The fourth-order valence-corrected chi connectivity index (χ4v) is 5.99. The third kappa shape index (κ3) is 6.77. The second kappa shape index (κ2) is 13.0. The fraction of sp³-hybridized carbons (Fsp3) is 0.469. The van der Waals surface area contributed by atoms with Gasteiger partial charge >= 0.3 is 0 Å². The van der Waals surface area contributed by atoms with Gasteiger partial charge in [0.05, 0.1) is 24.8 Å². The van der Waals surface area contributed by atoms with E-state index in [9.17, 15) is 15.2 Å². The number of nitrogens with one attached hydrogen (secondary N) is 1. The summed E-state index contributed by atoms with van der Waals surface area (Å²) in [6.07, 6.45) is 3.92. The van der Waals surface area contributed by atoms with E-state index in [1.54, 1.807) is 17.0 Å². The van der Waals surface area contributed by atoms with Crippen LogP contribution in [0.3, 0.4) is 0 Å². The predicted molar refractivity (Wildman–Crippen MR) is 160 cm³/mol. The highest BCUT2D eigenvalue weighted by Gasteiger charge is 2.30. The van der Waals surface area contributed by atoms with E-state index in [-0.39, 0.29) is 12.0 Å². The van der Waals surface area contributed by atoms with Gasteiger partial charge in [-0.25, -0.2) is 9.97 Å². The Morgan fingerprint density at radius 1 is 1.07 bits per heavy atom. The van der Waals surface area contributed by atoms with E-state index in [1.807, 2.05) is 6.07 Å². The van der Waals surface area contributed by atoms with E-state index in [0.717, 1.165) is 32.0 Å².